The van der Waals surface area contributed by atoms with Gasteiger partial charge in [0.15, 0.2) is 14.7 Å². The molecule has 0 aromatic heterocycles. The summed E-state index contributed by atoms with van der Waals surface area (Å²) in [7, 11) is -4.89. The van der Waals surface area contributed by atoms with Crippen LogP contribution in [-0.2, 0) is 26.4 Å². The minimum Gasteiger partial charge on any atom is -0.744 e. The summed E-state index contributed by atoms with van der Waals surface area (Å²) in [6.45, 7) is 6.78. The maximum absolute atomic E-state index is 12.5. The molecule has 0 heterocycles. The minimum absolute atomic E-state index is 0.0497. The van der Waals surface area contributed by atoms with Gasteiger partial charge in [-0.05, 0) is 59.5 Å². The van der Waals surface area contributed by atoms with Crippen molar-refractivity contribution in [2.45, 2.75) is 45.8 Å². The van der Waals surface area contributed by atoms with Crippen molar-refractivity contribution in [1.29, 1.82) is 0 Å². The van der Waals surface area contributed by atoms with Gasteiger partial charge in [0.1, 0.15) is 21.8 Å². The Hall–Kier alpha value is -3.00. The van der Waals surface area contributed by atoms with Crippen molar-refractivity contribution in [3.63, 3.8) is 0 Å². The standard InChI is InChI=1S/C22H23S.C6H4F2O3S/c1-22(2,3)18-14-16-21(17-15-18)23(19-10-6-4-7-11-19)20-12-8-5-9-13-20;7-4-1-2-6(5(8)3-4)12(9,10)11/h4-17H,1-3H3;1-3H,(H,9,10,11)/q+1;/p-1. The Morgan fingerprint density at radius 3 is 1.54 bits per heavy atom. The lowest BCUT2D eigenvalue weighted by atomic mass is 9.87. The van der Waals surface area contributed by atoms with Crippen molar-refractivity contribution < 1.29 is 21.8 Å². The van der Waals surface area contributed by atoms with Crippen LogP contribution in [0.1, 0.15) is 26.3 Å². The molecule has 4 aromatic rings. The average molecular weight is 513 g/mol. The fraction of sp³-hybridized carbons (Fsp3) is 0.143. The third kappa shape index (κ3) is 7.24. The molecule has 4 aromatic carbocycles. The van der Waals surface area contributed by atoms with Gasteiger partial charge in [-0.2, -0.15) is 0 Å². The molecule has 0 aliphatic carbocycles. The molecule has 0 atom stereocenters. The zero-order valence-corrected chi connectivity index (χ0v) is 21.2. The molecule has 0 spiro atoms. The summed E-state index contributed by atoms with van der Waals surface area (Å²) in [5.74, 6) is -2.30. The van der Waals surface area contributed by atoms with E-state index in [2.05, 4.69) is 106 Å². The van der Waals surface area contributed by atoms with E-state index < -0.39 is 26.6 Å². The van der Waals surface area contributed by atoms with Crippen LogP contribution in [0.2, 0.25) is 0 Å². The first-order valence-corrected chi connectivity index (χ1v) is 13.5. The van der Waals surface area contributed by atoms with Crippen LogP contribution in [0.25, 0.3) is 0 Å². The second-order valence-corrected chi connectivity index (χ2v) is 12.1. The first-order valence-electron chi connectivity index (χ1n) is 10.8. The van der Waals surface area contributed by atoms with E-state index in [0.29, 0.717) is 18.2 Å². The SMILES string of the molecule is CC(C)(C)c1ccc([S+](c2ccccc2)c2ccccc2)cc1.O=S(=O)([O-])c1ccc(F)cc1F. The fourth-order valence-electron chi connectivity index (χ4n) is 3.29. The van der Waals surface area contributed by atoms with Gasteiger partial charge in [0.2, 0.25) is 0 Å². The Morgan fingerprint density at radius 2 is 1.14 bits per heavy atom. The van der Waals surface area contributed by atoms with Gasteiger partial charge in [0, 0.05) is 6.07 Å². The average Bonchev–Trinajstić information content (AvgIpc) is 2.80. The van der Waals surface area contributed by atoms with E-state index in [0.717, 1.165) is 0 Å². The quantitative estimate of drug-likeness (QED) is 0.220. The van der Waals surface area contributed by atoms with Crippen LogP contribution in [0.15, 0.2) is 123 Å². The van der Waals surface area contributed by atoms with Crippen molar-refractivity contribution >= 4 is 21.0 Å². The van der Waals surface area contributed by atoms with Crippen LogP contribution in [-0.4, -0.2) is 13.0 Å². The number of benzene rings is 4. The number of halogens is 2. The summed E-state index contributed by atoms with van der Waals surface area (Å²) in [6.07, 6.45) is 0. The smallest absolute Gasteiger partial charge is 0.166 e. The van der Waals surface area contributed by atoms with Gasteiger partial charge in [0.05, 0.1) is 15.8 Å². The van der Waals surface area contributed by atoms with Crippen LogP contribution in [0, 0.1) is 11.6 Å². The molecule has 3 nitrogen and oxygen atoms in total. The zero-order chi connectivity index (χ0) is 25.6. The molecular weight excluding hydrogens is 486 g/mol. The van der Waals surface area contributed by atoms with Gasteiger partial charge in [-0.1, -0.05) is 69.3 Å². The molecule has 7 heteroatoms. The second kappa shape index (κ2) is 11.2. The molecule has 4 rings (SSSR count). The summed E-state index contributed by atoms with van der Waals surface area (Å²) in [5.41, 5.74) is 1.57. The summed E-state index contributed by atoms with van der Waals surface area (Å²) in [5, 5.41) is 0. The first-order chi connectivity index (χ1) is 16.5. The van der Waals surface area contributed by atoms with Crippen molar-refractivity contribution in [3.05, 3.63) is 120 Å². The molecule has 0 N–H and O–H groups in total. The highest BCUT2D eigenvalue weighted by Gasteiger charge is 2.28. The van der Waals surface area contributed by atoms with Crippen LogP contribution < -0.4 is 0 Å². The molecule has 0 radical (unpaired) electrons. The maximum atomic E-state index is 12.5. The van der Waals surface area contributed by atoms with Crippen LogP contribution in [0.5, 0.6) is 0 Å². The predicted molar refractivity (Wildman–Crippen MR) is 135 cm³/mol. The third-order valence-corrected chi connectivity index (χ3v) is 8.18. The number of hydrogen-bond acceptors (Lipinski definition) is 3. The van der Waals surface area contributed by atoms with Crippen LogP contribution in [0.3, 0.4) is 0 Å². The van der Waals surface area contributed by atoms with E-state index in [1.807, 2.05) is 0 Å². The topological polar surface area (TPSA) is 57.2 Å². The van der Waals surface area contributed by atoms with Gasteiger partial charge >= 0.3 is 0 Å². The van der Waals surface area contributed by atoms with E-state index in [-0.39, 0.29) is 16.3 Å². The van der Waals surface area contributed by atoms with Crippen molar-refractivity contribution in [2.24, 2.45) is 0 Å². The Balaban J connectivity index is 0.000000241. The van der Waals surface area contributed by atoms with Gasteiger partial charge in [-0.3, -0.25) is 0 Å². The first kappa shape index (κ1) is 26.6. The molecule has 0 bridgehead atoms. The van der Waals surface area contributed by atoms with E-state index in [1.165, 1.54) is 20.2 Å². The highest BCUT2D eigenvalue weighted by atomic mass is 32.2. The van der Waals surface area contributed by atoms with Crippen LogP contribution in [0.4, 0.5) is 8.78 Å². The van der Waals surface area contributed by atoms with Crippen LogP contribution >= 0.6 is 0 Å². The lowest BCUT2D eigenvalue weighted by molar-refractivity contribution is 0.453. The maximum Gasteiger partial charge on any atom is 0.166 e. The second-order valence-electron chi connectivity index (χ2n) is 8.74. The number of hydrogen-bond donors (Lipinski definition) is 0. The molecule has 0 saturated heterocycles. The molecule has 0 aliphatic heterocycles. The Bertz CT molecular complexity index is 1310. The van der Waals surface area contributed by atoms with Gasteiger partial charge in [-0.15, -0.1) is 0 Å². The molecule has 0 fully saturated rings. The van der Waals surface area contributed by atoms with Gasteiger partial charge in [-0.25, -0.2) is 17.2 Å². The fourth-order valence-corrected chi connectivity index (χ4v) is 5.91. The van der Waals surface area contributed by atoms with Crippen molar-refractivity contribution in [2.75, 3.05) is 0 Å². The highest BCUT2D eigenvalue weighted by molar-refractivity contribution is 7.97. The minimum atomic E-state index is -4.84. The molecule has 0 saturated carbocycles. The molecule has 182 valence electrons. The monoisotopic (exact) mass is 512 g/mol. The predicted octanol–water partition coefficient (Wildman–Crippen LogP) is 6.95. The molecule has 0 unspecified atom stereocenters. The molecule has 0 aliphatic rings. The largest absolute Gasteiger partial charge is 0.744 e. The molecular formula is C28H26F2O3S2. The van der Waals surface area contributed by atoms with E-state index >= 15 is 0 Å². The van der Waals surface area contributed by atoms with Crippen molar-refractivity contribution in [3.8, 4) is 0 Å². The van der Waals surface area contributed by atoms with E-state index in [1.54, 1.807) is 0 Å². The van der Waals surface area contributed by atoms with E-state index in [9.17, 15) is 21.8 Å². The molecule has 0 amide bonds. The summed E-state index contributed by atoms with van der Waals surface area (Å²) in [4.78, 5) is 3.06. The third-order valence-electron chi connectivity index (χ3n) is 5.08. The summed E-state index contributed by atoms with van der Waals surface area (Å²) in [6, 6.07) is 32.4. The van der Waals surface area contributed by atoms with Gasteiger partial charge in [0.25, 0.3) is 0 Å². The lowest BCUT2D eigenvalue weighted by Crippen LogP contribution is -2.11. The lowest BCUT2D eigenvalue weighted by Gasteiger charge is -2.19. The van der Waals surface area contributed by atoms with E-state index in [4.69, 9.17) is 0 Å². The highest BCUT2D eigenvalue weighted by Crippen LogP contribution is 2.32. The Morgan fingerprint density at radius 1 is 0.686 bits per heavy atom. The normalized spacial score (nSPS) is 11.6. The Kier molecular flexibility index (Phi) is 8.48. The summed E-state index contributed by atoms with van der Waals surface area (Å²) >= 11 is 0. The summed E-state index contributed by atoms with van der Waals surface area (Å²) < 4.78 is 55.5. The number of rotatable bonds is 4. The van der Waals surface area contributed by atoms with Gasteiger partial charge < -0.3 is 4.55 Å². The Labute approximate surface area is 208 Å². The zero-order valence-electron chi connectivity index (χ0n) is 19.6. The van der Waals surface area contributed by atoms with Crippen molar-refractivity contribution in [1.82, 2.24) is 0 Å². The molecule has 35 heavy (non-hydrogen) atoms.